The van der Waals surface area contributed by atoms with Gasteiger partial charge in [-0.05, 0) is 100 Å². The number of fused-ring (bicyclic) bond motifs is 6. The van der Waals surface area contributed by atoms with Crippen LogP contribution in [-0.2, 0) is 0 Å². The molecule has 55 heavy (non-hydrogen) atoms. The molecule has 2 aromatic heterocycles. The van der Waals surface area contributed by atoms with E-state index in [-0.39, 0.29) is 0 Å². The van der Waals surface area contributed by atoms with Crippen LogP contribution in [0, 0.1) is 24.8 Å². The molecule has 0 aliphatic carbocycles. The SMILES string of the molecule is [C-]#[N+]c1c(-n2c3ccccc3c3cc(-c4ccccc4)ccc32)ccc(-c2cc(C)cc(C#N)c2)c1-n1c2ccccc2c2cc(-c3ccccc3)ccc21. The molecule has 0 saturated heterocycles. The highest BCUT2D eigenvalue weighted by Crippen LogP contribution is 2.46. The molecule has 0 bridgehead atoms. The Kier molecular flexibility index (Phi) is 7.44. The van der Waals surface area contributed by atoms with Crippen molar-refractivity contribution < 1.29 is 0 Å². The normalized spacial score (nSPS) is 11.3. The van der Waals surface area contributed by atoms with Gasteiger partial charge in [-0.3, -0.25) is 0 Å². The second-order valence-corrected chi connectivity index (χ2v) is 14.0. The Bertz CT molecular complexity index is 3220. The number of aromatic nitrogens is 2. The van der Waals surface area contributed by atoms with Crippen molar-refractivity contribution in [3.63, 3.8) is 0 Å². The summed E-state index contributed by atoms with van der Waals surface area (Å²) in [6.45, 7) is 11.0. The number of nitriles is 1. The number of rotatable bonds is 5. The zero-order valence-electron chi connectivity index (χ0n) is 30.0. The molecule has 0 amide bonds. The number of hydrogen-bond acceptors (Lipinski definition) is 1. The number of nitrogens with zero attached hydrogens (tertiary/aromatic N) is 4. The molecule has 0 unspecified atom stereocenters. The van der Waals surface area contributed by atoms with Crippen molar-refractivity contribution in [1.29, 1.82) is 5.26 Å². The monoisotopic (exact) mass is 700 g/mol. The first kappa shape index (κ1) is 32.0. The molecule has 256 valence electrons. The molecule has 0 atom stereocenters. The van der Waals surface area contributed by atoms with Crippen molar-refractivity contribution in [2.24, 2.45) is 0 Å². The standard InChI is InChI=1S/C51H32N4/c1-33-27-34(32-52)29-39(28-33)40-23-26-49(54-45-19-11-9-17-41(45)43-30-37(21-24-47(43)54)35-13-5-3-6-14-35)50(53-2)51(40)55-46-20-12-10-18-42(46)44-31-38(22-25-48(44)55)36-15-7-4-8-16-36/h3-31H,1H3. The van der Waals surface area contributed by atoms with Crippen LogP contribution in [0.5, 0.6) is 0 Å². The fourth-order valence-electron chi connectivity index (χ4n) is 8.39. The zero-order valence-corrected chi connectivity index (χ0v) is 30.0. The lowest BCUT2D eigenvalue weighted by molar-refractivity contribution is 1.14. The van der Waals surface area contributed by atoms with Gasteiger partial charge < -0.3 is 9.13 Å². The second-order valence-electron chi connectivity index (χ2n) is 14.0. The average Bonchev–Trinajstić information content (AvgIpc) is 3.75. The maximum Gasteiger partial charge on any atom is 0.234 e. The number of aryl methyl sites for hydroxylation is 1. The highest BCUT2D eigenvalue weighted by Gasteiger charge is 2.25. The first-order valence-corrected chi connectivity index (χ1v) is 18.4. The molecule has 10 rings (SSSR count). The summed E-state index contributed by atoms with van der Waals surface area (Å²) < 4.78 is 4.51. The Morgan fingerprint density at radius 1 is 0.473 bits per heavy atom. The van der Waals surface area contributed by atoms with Crippen LogP contribution in [0.1, 0.15) is 11.1 Å². The molecule has 0 fully saturated rings. The summed E-state index contributed by atoms with van der Waals surface area (Å²) in [5.74, 6) is 0. The van der Waals surface area contributed by atoms with E-state index in [0.29, 0.717) is 11.3 Å². The Labute approximate surface area is 318 Å². The Hall–Kier alpha value is -7.66. The maximum atomic E-state index is 10.0. The third-order valence-corrected chi connectivity index (χ3v) is 10.8. The van der Waals surface area contributed by atoms with Gasteiger partial charge in [0.1, 0.15) is 0 Å². The van der Waals surface area contributed by atoms with Gasteiger partial charge in [-0.15, -0.1) is 0 Å². The molecule has 0 spiro atoms. The van der Waals surface area contributed by atoms with Crippen LogP contribution in [-0.4, -0.2) is 9.13 Å². The van der Waals surface area contributed by atoms with E-state index < -0.39 is 0 Å². The summed E-state index contributed by atoms with van der Waals surface area (Å²) in [7, 11) is 0. The fourth-order valence-corrected chi connectivity index (χ4v) is 8.39. The average molecular weight is 701 g/mol. The van der Waals surface area contributed by atoms with Crippen molar-refractivity contribution in [3.05, 3.63) is 198 Å². The first-order valence-electron chi connectivity index (χ1n) is 18.4. The molecule has 4 nitrogen and oxygen atoms in total. The maximum absolute atomic E-state index is 10.0. The highest BCUT2D eigenvalue weighted by molar-refractivity contribution is 6.13. The summed E-state index contributed by atoms with van der Waals surface area (Å²) in [4.78, 5) is 4.43. The molecule has 0 aliphatic rings. The summed E-state index contributed by atoms with van der Waals surface area (Å²) in [6, 6.07) is 63.6. The van der Waals surface area contributed by atoms with Crippen LogP contribution in [0.4, 0.5) is 5.69 Å². The fraction of sp³-hybridized carbons (Fsp3) is 0.0196. The van der Waals surface area contributed by atoms with E-state index in [1.807, 2.05) is 31.2 Å². The Morgan fingerprint density at radius 3 is 1.58 bits per heavy atom. The minimum Gasteiger partial charge on any atom is -0.319 e. The molecule has 0 radical (unpaired) electrons. The van der Waals surface area contributed by atoms with Crippen LogP contribution < -0.4 is 0 Å². The van der Waals surface area contributed by atoms with Crippen LogP contribution in [0.3, 0.4) is 0 Å². The van der Waals surface area contributed by atoms with Crippen molar-refractivity contribution in [2.75, 3.05) is 0 Å². The van der Waals surface area contributed by atoms with Gasteiger partial charge in [-0.2, -0.15) is 5.26 Å². The molecule has 4 heteroatoms. The third kappa shape index (κ3) is 5.12. The van der Waals surface area contributed by atoms with E-state index in [4.69, 9.17) is 6.57 Å². The van der Waals surface area contributed by atoms with Gasteiger partial charge in [0, 0.05) is 21.5 Å². The topological polar surface area (TPSA) is 38.0 Å². The minimum absolute atomic E-state index is 0.530. The zero-order chi connectivity index (χ0) is 37.0. The van der Waals surface area contributed by atoms with Gasteiger partial charge >= 0.3 is 0 Å². The van der Waals surface area contributed by atoms with Gasteiger partial charge in [0.05, 0.1) is 51.6 Å². The van der Waals surface area contributed by atoms with Gasteiger partial charge in [0.25, 0.3) is 0 Å². The second kappa shape index (κ2) is 12.8. The van der Waals surface area contributed by atoms with Crippen molar-refractivity contribution in [3.8, 4) is 50.8 Å². The van der Waals surface area contributed by atoms with E-state index in [0.717, 1.165) is 93.9 Å². The minimum atomic E-state index is 0.530. The summed E-state index contributed by atoms with van der Waals surface area (Å²) in [6.07, 6.45) is 0. The van der Waals surface area contributed by atoms with E-state index >= 15 is 0 Å². The highest BCUT2D eigenvalue weighted by atomic mass is 15.1. The summed E-state index contributed by atoms with van der Waals surface area (Å²) in [5, 5.41) is 14.5. The van der Waals surface area contributed by atoms with E-state index in [9.17, 15) is 5.26 Å². The molecular weight excluding hydrogens is 669 g/mol. The van der Waals surface area contributed by atoms with Crippen LogP contribution in [0.15, 0.2) is 176 Å². The van der Waals surface area contributed by atoms with Crippen molar-refractivity contribution in [2.45, 2.75) is 6.92 Å². The van der Waals surface area contributed by atoms with Crippen molar-refractivity contribution in [1.82, 2.24) is 9.13 Å². The van der Waals surface area contributed by atoms with E-state index in [1.54, 1.807) is 0 Å². The lowest BCUT2D eigenvalue weighted by Crippen LogP contribution is -2.03. The quantitative estimate of drug-likeness (QED) is 0.165. The third-order valence-electron chi connectivity index (χ3n) is 10.8. The largest absolute Gasteiger partial charge is 0.319 e. The molecule has 0 saturated carbocycles. The molecule has 2 heterocycles. The van der Waals surface area contributed by atoms with Gasteiger partial charge in [-0.1, -0.05) is 121 Å². The first-order chi connectivity index (χ1) is 27.1. The smallest absolute Gasteiger partial charge is 0.234 e. The van der Waals surface area contributed by atoms with Crippen LogP contribution >= 0.6 is 0 Å². The molecular formula is C51H32N4. The molecule has 10 aromatic rings. The Morgan fingerprint density at radius 2 is 1.00 bits per heavy atom. The molecule has 8 aromatic carbocycles. The van der Waals surface area contributed by atoms with Crippen LogP contribution in [0.2, 0.25) is 0 Å². The Balaban J connectivity index is 1.32. The summed E-state index contributed by atoms with van der Waals surface area (Å²) >= 11 is 0. The van der Waals surface area contributed by atoms with Gasteiger partial charge in [0.15, 0.2) is 0 Å². The number of benzene rings is 8. The number of para-hydroxylation sites is 2. The van der Waals surface area contributed by atoms with Crippen molar-refractivity contribution >= 4 is 49.3 Å². The lowest BCUT2D eigenvalue weighted by Gasteiger charge is -2.20. The molecule has 0 aliphatic heterocycles. The van der Waals surface area contributed by atoms with Gasteiger partial charge in [0.2, 0.25) is 5.69 Å². The lowest BCUT2D eigenvalue weighted by atomic mass is 9.97. The van der Waals surface area contributed by atoms with Gasteiger partial charge in [-0.25, -0.2) is 4.85 Å². The van der Waals surface area contributed by atoms with E-state index in [1.165, 1.54) is 0 Å². The predicted octanol–water partition coefficient (Wildman–Crippen LogP) is 13.6. The summed E-state index contributed by atoms with van der Waals surface area (Å²) in [5.41, 5.74) is 14.1. The molecule has 0 N–H and O–H groups in total. The predicted molar refractivity (Wildman–Crippen MR) is 227 cm³/mol. The van der Waals surface area contributed by atoms with Crippen LogP contribution in [0.25, 0.3) is 93.2 Å². The number of hydrogen-bond donors (Lipinski definition) is 0. The van der Waals surface area contributed by atoms with E-state index in [2.05, 4.69) is 172 Å².